The summed E-state index contributed by atoms with van der Waals surface area (Å²) in [5.74, 6) is -10.8. The van der Waals surface area contributed by atoms with Gasteiger partial charge in [-0.1, -0.05) is 214 Å². The van der Waals surface area contributed by atoms with Crippen LogP contribution in [0.25, 0.3) is 0 Å². The number of rotatable bonds is 39. The van der Waals surface area contributed by atoms with Crippen LogP contribution >= 0.6 is 0 Å². The number of piperidine rings is 2. The van der Waals surface area contributed by atoms with Crippen LogP contribution in [0.1, 0.15) is 314 Å². The fraction of sp³-hybridized carbons (Fsp3) is 0.886. The Morgan fingerprint density at radius 2 is 0.721 bits per heavy atom. The maximum Gasteiger partial charge on any atom is 0.328 e. The van der Waals surface area contributed by atoms with Gasteiger partial charge in [0.25, 0.3) is 23.6 Å². The lowest BCUT2D eigenvalue weighted by atomic mass is 9.72. The lowest BCUT2D eigenvalue weighted by Crippen LogP contribution is -2.63. The first-order valence-corrected chi connectivity index (χ1v) is 35.1. The Morgan fingerprint density at radius 1 is 0.419 bits per heavy atom. The maximum absolute atomic E-state index is 15.2. The van der Waals surface area contributed by atoms with Crippen molar-refractivity contribution in [3.8, 4) is 0 Å². The van der Waals surface area contributed by atoms with Crippen molar-refractivity contribution in [3.05, 3.63) is 0 Å². The van der Waals surface area contributed by atoms with Crippen molar-refractivity contribution in [1.82, 2.24) is 41.3 Å². The number of hydrazine groups is 2. The van der Waals surface area contributed by atoms with E-state index in [1.807, 2.05) is 7.05 Å². The van der Waals surface area contributed by atoms with Crippen LogP contribution in [0, 0.1) is 35.5 Å². The van der Waals surface area contributed by atoms with Crippen LogP contribution in [-0.4, -0.2) is 115 Å². The molecule has 4 saturated heterocycles. The van der Waals surface area contributed by atoms with E-state index in [-0.39, 0.29) is 46.6 Å². The summed E-state index contributed by atoms with van der Waals surface area (Å²) in [6.07, 6.45) is 38.0. The second-order valence-corrected chi connectivity index (χ2v) is 30.1. The second kappa shape index (κ2) is 36.1. The van der Waals surface area contributed by atoms with Crippen LogP contribution in [0.15, 0.2) is 0 Å². The topological polar surface area (TPSA) is 198 Å². The Labute approximate surface area is 522 Å². The van der Waals surface area contributed by atoms with Crippen LogP contribution in [0.3, 0.4) is 0 Å². The van der Waals surface area contributed by atoms with E-state index < -0.39 is 76.8 Å². The van der Waals surface area contributed by atoms with Crippen LogP contribution in [0.2, 0.25) is 0 Å². The van der Waals surface area contributed by atoms with Gasteiger partial charge >= 0.3 is 23.6 Å². The van der Waals surface area contributed by atoms with Crippen LogP contribution in [-0.2, 0) is 38.4 Å². The molecule has 0 aromatic rings. The summed E-state index contributed by atoms with van der Waals surface area (Å²) in [5, 5.41) is 7.24. The summed E-state index contributed by atoms with van der Waals surface area (Å²) in [6.45, 7) is 25.0. The van der Waals surface area contributed by atoms with Gasteiger partial charge in [0, 0.05) is 40.2 Å². The number of nitrogens with one attached hydrogen (secondary N) is 4. The Morgan fingerprint density at radius 3 is 1.07 bits per heavy atom. The number of hydrogen-bond acceptors (Lipinski definition) is 10. The minimum absolute atomic E-state index is 0.0468. The number of unbranched alkanes of at least 4 members (excludes halogenated alkanes) is 26. The third-order valence-electron chi connectivity index (χ3n) is 21.1. The van der Waals surface area contributed by atoms with Crippen LogP contribution in [0.4, 0.5) is 0 Å². The molecule has 0 aliphatic carbocycles. The van der Waals surface area contributed by atoms with E-state index in [4.69, 9.17) is 0 Å². The van der Waals surface area contributed by atoms with Crippen molar-refractivity contribution in [2.24, 2.45) is 35.5 Å². The molecule has 4 aliphatic rings. The predicted octanol–water partition coefficient (Wildman–Crippen LogP) is 13.6. The molecule has 4 aliphatic heterocycles. The minimum Gasteiger partial charge on any atom is -0.345 e. The molecule has 4 rings (SSSR count). The summed E-state index contributed by atoms with van der Waals surface area (Å²) in [6, 6.07) is -0.641. The normalized spacial score (nSPS) is 23.2. The van der Waals surface area contributed by atoms with Crippen molar-refractivity contribution in [1.29, 1.82) is 0 Å². The van der Waals surface area contributed by atoms with E-state index in [2.05, 4.69) is 114 Å². The number of carbonyl (C=O) groups is 8. The molecule has 0 saturated carbocycles. The molecule has 0 radical (unpaired) electrons. The number of hydrogen-bond donors (Lipinski definition) is 4. The highest BCUT2D eigenvalue weighted by Gasteiger charge is 2.55. The highest BCUT2D eigenvalue weighted by atomic mass is 16.2. The zero-order valence-electron chi connectivity index (χ0n) is 57.1. The summed E-state index contributed by atoms with van der Waals surface area (Å²) in [5.41, 5.74) is 3.75. The lowest BCUT2D eigenvalue weighted by molar-refractivity contribution is -0.153. The molecular formula is C70H126N8O8. The van der Waals surface area contributed by atoms with E-state index in [0.717, 1.165) is 56.4 Å². The summed E-state index contributed by atoms with van der Waals surface area (Å²) >= 11 is 0. The molecule has 4 fully saturated rings. The smallest absolute Gasteiger partial charge is 0.328 e. The number of carbonyl (C=O) groups excluding carboxylic acids is 8. The molecule has 0 bridgehead atoms. The van der Waals surface area contributed by atoms with Crippen molar-refractivity contribution >= 4 is 47.3 Å². The second-order valence-electron chi connectivity index (χ2n) is 30.1. The fourth-order valence-corrected chi connectivity index (χ4v) is 15.3. The van der Waals surface area contributed by atoms with Crippen LogP contribution < -0.4 is 21.5 Å². The van der Waals surface area contributed by atoms with Gasteiger partial charge in [-0.25, -0.2) is 10.9 Å². The SMILES string of the molecule is CCCCCCCCCCCCCCCCC(C)CC1C(=O)N(NC(=O)C(=O)NC2CC(C)(C)N(C)C(C)(C)C2)C(=O)C1C(CCCCCCCCCCCCCCCC)CC1C(=O)N(NC(=O)C(=O)NC2CC(C)(C)N(C)C(C)(C)C2)C(=O)C1C. The third kappa shape index (κ3) is 22.8. The monoisotopic (exact) mass is 1210 g/mol. The summed E-state index contributed by atoms with van der Waals surface area (Å²) < 4.78 is 0. The maximum atomic E-state index is 15.2. The van der Waals surface area contributed by atoms with Crippen molar-refractivity contribution in [2.75, 3.05) is 14.1 Å². The van der Waals surface area contributed by atoms with Crippen molar-refractivity contribution in [3.63, 3.8) is 0 Å². The Bertz CT molecular complexity index is 2130. The van der Waals surface area contributed by atoms with Gasteiger partial charge in [0.1, 0.15) is 0 Å². The molecule has 494 valence electrons. The molecule has 4 heterocycles. The van der Waals surface area contributed by atoms with Gasteiger partial charge in [0.05, 0.1) is 17.8 Å². The molecular weight excluding hydrogens is 1080 g/mol. The number of likely N-dealkylation sites (tertiary alicyclic amines) is 2. The highest BCUT2D eigenvalue weighted by Crippen LogP contribution is 2.44. The molecule has 4 N–H and O–H groups in total. The van der Waals surface area contributed by atoms with E-state index in [0.29, 0.717) is 50.0 Å². The van der Waals surface area contributed by atoms with Gasteiger partial charge in [-0.3, -0.25) is 48.2 Å². The van der Waals surface area contributed by atoms with E-state index in [9.17, 15) is 33.6 Å². The predicted molar refractivity (Wildman–Crippen MR) is 346 cm³/mol. The van der Waals surface area contributed by atoms with E-state index in [1.165, 1.54) is 128 Å². The lowest BCUT2D eigenvalue weighted by Gasteiger charge is -2.53. The fourth-order valence-electron chi connectivity index (χ4n) is 15.3. The molecule has 0 aromatic heterocycles. The number of imide groups is 2. The molecule has 16 nitrogen and oxygen atoms in total. The van der Waals surface area contributed by atoms with E-state index >= 15 is 4.79 Å². The minimum atomic E-state index is -1.11. The molecule has 16 heteroatoms. The molecule has 6 unspecified atom stereocenters. The summed E-state index contributed by atoms with van der Waals surface area (Å²) in [4.78, 5) is 118. The first-order valence-electron chi connectivity index (χ1n) is 35.1. The average molecular weight is 1210 g/mol. The summed E-state index contributed by atoms with van der Waals surface area (Å²) in [7, 11) is 4.11. The van der Waals surface area contributed by atoms with Gasteiger partial charge in [-0.2, -0.15) is 10.0 Å². The highest BCUT2D eigenvalue weighted by molar-refractivity contribution is 6.36. The van der Waals surface area contributed by atoms with Crippen molar-refractivity contribution < 1.29 is 38.4 Å². The van der Waals surface area contributed by atoms with Gasteiger partial charge in [-0.15, -0.1) is 0 Å². The molecule has 8 amide bonds. The molecule has 6 atom stereocenters. The third-order valence-corrected chi connectivity index (χ3v) is 21.1. The van der Waals surface area contributed by atoms with Crippen molar-refractivity contribution in [2.45, 2.75) is 348 Å². The number of amides is 8. The van der Waals surface area contributed by atoms with E-state index in [1.54, 1.807) is 6.92 Å². The first-order chi connectivity index (χ1) is 40.6. The Hall–Kier alpha value is -3.92. The number of nitrogens with zero attached hydrogens (tertiary/aromatic N) is 4. The zero-order valence-corrected chi connectivity index (χ0v) is 57.1. The average Bonchev–Trinajstić information content (AvgIpc) is 1.50. The Balaban J connectivity index is 1.52. The molecule has 86 heavy (non-hydrogen) atoms. The molecule has 0 spiro atoms. The van der Waals surface area contributed by atoms with Gasteiger partial charge in [0.2, 0.25) is 0 Å². The van der Waals surface area contributed by atoms with Gasteiger partial charge in [-0.05, 0) is 126 Å². The standard InChI is InChI=1S/C70H126N8O8/c1-15-17-19-21-23-25-27-29-31-33-35-37-39-41-43-51(3)45-57-58(66(86)78(65(57)85)74-62(82)60(80)72-55-49-69(9,10)76(14)70(11,12)50-55)53(44-42-40-38-36-34-32-30-28-26-24-22-20-18-16-2)46-56-52(4)63(83)77(64(56)84)73-61(81)59(79)71-54-47-67(5,6)75(13)68(7,8)48-54/h51-58H,15-50H2,1-14H3,(H,71,79)(H,72,80)(H,73,81)(H,74,82). The molecule has 0 aromatic carbocycles. The first kappa shape index (κ1) is 74.5. The zero-order chi connectivity index (χ0) is 63.8. The quantitative estimate of drug-likeness (QED) is 0.0261. The Kier molecular flexibility index (Phi) is 31.3. The van der Waals surface area contributed by atoms with Crippen LogP contribution in [0.5, 0.6) is 0 Å². The van der Waals surface area contributed by atoms with Gasteiger partial charge in [0.15, 0.2) is 0 Å². The van der Waals surface area contributed by atoms with Gasteiger partial charge < -0.3 is 10.6 Å². The largest absolute Gasteiger partial charge is 0.345 e.